The van der Waals surface area contributed by atoms with E-state index in [9.17, 15) is 4.79 Å². The predicted octanol–water partition coefficient (Wildman–Crippen LogP) is 0.734. The van der Waals surface area contributed by atoms with Crippen LogP contribution in [0.25, 0.3) is 0 Å². The number of hydrogen-bond donors (Lipinski definition) is 2. The Labute approximate surface area is 89.1 Å². The summed E-state index contributed by atoms with van der Waals surface area (Å²) in [7, 11) is 1.64. The molecule has 5 nitrogen and oxygen atoms in total. The Kier molecular flexibility index (Phi) is 3.47. The molecule has 84 valence electrons. The highest BCUT2D eigenvalue weighted by molar-refractivity contribution is 5.74. The zero-order chi connectivity index (χ0) is 11.6. The fourth-order valence-electron chi connectivity index (χ4n) is 1.77. The van der Waals surface area contributed by atoms with Crippen LogP contribution >= 0.6 is 0 Å². The van der Waals surface area contributed by atoms with Gasteiger partial charge < -0.3 is 10.4 Å². The summed E-state index contributed by atoms with van der Waals surface area (Å²) in [6.07, 6.45) is 0. The summed E-state index contributed by atoms with van der Waals surface area (Å²) >= 11 is 0. The van der Waals surface area contributed by atoms with Gasteiger partial charge in [-0.3, -0.25) is 9.48 Å². The molecule has 1 rings (SSSR count). The second-order valence-corrected chi connectivity index (χ2v) is 3.72. The van der Waals surface area contributed by atoms with Crippen molar-refractivity contribution in [1.29, 1.82) is 0 Å². The normalized spacial score (nSPS) is 14.9. The maximum absolute atomic E-state index is 11.0. The van der Waals surface area contributed by atoms with Gasteiger partial charge in [0.25, 0.3) is 0 Å². The first-order valence-corrected chi connectivity index (χ1v) is 4.90. The van der Waals surface area contributed by atoms with Gasteiger partial charge in [0.1, 0.15) is 6.04 Å². The number of carbonyl (C=O) groups is 1. The van der Waals surface area contributed by atoms with Crippen molar-refractivity contribution in [3.63, 3.8) is 0 Å². The Bertz CT molecular complexity index is 360. The van der Waals surface area contributed by atoms with Gasteiger partial charge in [0, 0.05) is 5.69 Å². The number of aryl methyl sites for hydroxylation is 2. The molecular weight excluding hydrogens is 194 g/mol. The molecule has 0 saturated heterocycles. The lowest BCUT2D eigenvalue weighted by atomic mass is 10.1. The van der Waals surface area contributed by atoms with Gasteiger partial charge in [-0.25, -0.2) is 0 Å². The number of rotatable bonds is 4. The number of hydrogen-bond acceptors (Lipinski definition) is 3. The molecule has 2 atom stereocenters. The number of carboxylic acid groups (broad SMARTS) is 1. The topological polar surface area (TPSA) is 67.2 Å². The van der Waals surface area contributed by atoms with Gasteiger partial charge in [-0.05, 0) is 33.9 Å². The lowest BCUT2D eigenvalue weighted by molar-refractivity contribution is -0.140. The molecule has 0 fully saturated rings. The lowest BCUT2D eigenvalue weighted by Gasteiger charge is -2.21. The maximum Gasteiger partial charge on any atom is 0.322 e. The fraction of sp³-hybridized carbons (Fsp3) is 0.600. The second kappa shape index (κ2) is 4.44. The zero-order valence-electron chi connectivity index (χ0n) is 9.48. The number of likely N-dealkylation sites (N-methyl/N-ethyl adjacent to an activating group) is 1. The number of nitrogens with zero attached hydrogens (tertiary/aromatic N) is 2. The Balaban J connectivity index is 2.96. The van der Waals surface area contributed by atoms with Crippen molar-refractivity contribution in [1.82, 2.24) is 15.1 Å². The number of nitrogens with one attached hydrogen (secondary N) is 1. The highest BCUT2D eigenvalue weighted by Gasteiger charge is 2.25. The monoisotopic (exact) mass is 211 g/mol. The molecule has 0 aliphatic carbocycles. The average Bonchev–Trinajstić information content (AvgIpc) is 2.45. The molecule has 0 amide bonds. The van der Waals surface area contributed by atoms with E-state index >= 15 is 0 Å². The summed E-state index contributed by atoms with van der Waals surface area (Å²) in [6.45, 7) is 5.66. The quantitative estimate of drug-likeness (QED) is 0.770. The van der Waals surface area contributed by atoms with Gasteiger partial charge in [-0.1, -0.05) is 0 Å². The third-order valence-electron chi connectivity index (χ3n) is 2.49. The predicted molar refractivity (Wildman–Crippen MR) is 56.9 cm³/mol. The van der Waals surface area contributed by atoms with E-state index in [0.29, 0.717) is 0 Å². The van der Waals surface area contributed by atoms with Crippen molar-refractivity contribution < 1.29 is 9.90 Å². The lowest BCUT2D eigenvalue weighted by Crippen LogP contribution is -2.41. The van der Waals surface area contributed by atoms with E-state index in [1.54, 1.807) is 11.7 Å². The summed E-state index contributed by atoms with van der Waals surface area (Å²) in [4.78, 5) is 11.0. The van der Waals surface area contributed by atoms with Gasteiger partial charge >= 0.3 is 5.97 Å². The molecule has 2 unspecified atom stereocenters. The molecule has 0 saturated carbocycles. The van der Waals surface area contributed by atoms with Crippen molar-refractivity contribution in [2.75, 3.05) is 7.05 Å². The molecule has 0 radical (unpaired) electrons. The van der Waals surface area contributed by atoms with E-state index in [1.165, 1.54) is 0 Å². The summed E-state index contributed by atoms with van der Waals surface area (Å²) in [6, 6.07) is 1.11. The van der Waals surface area contributed by atoms with Crippen LogP contribution in [0.5, 0.6) is 0 Å². The van der Waals surface area contributed by atoms with E-state index < -0.39 is 12.0 Å². The van der Waals surface area contributed by atoms with Crippen molar-refractivity contribution >= 4 is 5.97 Å². The number of aromatic nitrogens is 2. The van der Waals surface area contributed by atoms with Gasteiger partial charge in [-0.2, -0.15) is 5.10 Å². The minimum Gasteiger partial charge on any atom is -0.480 e. The first-order valence-electron chi connectivity index (χ1n) is 4.90. The molecular formula is C10H17N3O2. The molecule has 0 spiro atoms. The third kappa shape index (κ3) is 2.36. The molecule has 5 heteroatoms. The molecule has 2 N–H and O–H groups in total. The smallest absolute Gasteiger partial charge is 0.322 e. The standard InChI is InChI=1S/C10H17N3O2/c1-6-5-7(2)13(12-6)8(3)9(11-4)10(14)15/h5,8-9,11H,1-4H3,(H,14,15). The highest BCUT2D eigenvalue weighted by atomic mass is 16.4. The van der Waals surface area contributed by atoms with Gasteiger partial charge in [0.2, 0.25) is 0 Å². The van der Waals surface area contributed by atoms with Gasteiger partial charge in [0.15, 0.2) is 0 Å². The number of aliphatic carboxylic acids is 1. The van der Waals surface area contributed by atoms with Crippen molar-refractivity contribution in [2.24, 2.45) is 0 Å². The first kappa shape index (κ1) is 11.7. The van der Waals surface area contributed by atoms with Crippen molar-refractivity contribution in [3.8, 4) is 0 Å². The molecule has 0 aliphatic heterocycles. The highest BCUT2D eigenvalue weighted by Crippen LogP contribution is 2.14. The van der Waals surface area contributed by atoms with Gasteiger partial charge in [-0.15, -0.1) is 0 Å². The second-order valence-electron chi connectivity index (χ2n) is 3.72. The summed E-state index contributed by atoms with van der Waals surface area (Å²) < 4.78 is 1.74. The van der Waals surface area contributed by atoms with Crippen LogP contribution in [0.3, 0.4) is 0 Å². The molecule has 15 heavy (non-hydrogen) atoms. The van der Waals surface area contributed by atoms with Gasteiger partial charge in [0.05, 0.1) is 11.7 Å². The molecule has 1 aromatic rings. The Morgan fingerprint density at radius 2 is 2.20 bits per heavy atom. The summed E-state index contributed by atoms with van der Waals surface area (Å²) in [5, 5.41) is 16.0. The van der Waals surface area contributed by atoms with Crippen molar-refractivity contribution in [2.45, 2.75) is 32.9 Å². The fourth-order valence-corrected chi connectivity index (χ4v) is 1.77. The SMILES string of the molecule is CNC(C(=O)O)C(C)n1nc(C)cc1C. The van der Waals surface area contributed by atoms with E-state index in [-0.39, 0.29) is 6.04 Å². The van der Waals surface area contributed by atoms with E-state index in [0.717, 1.165) is 11.4 Å². The van der Waals surface area contributed by atoms with Crippen LogP contribution in [-0.4, -0.2) is 33.9 Å². The van der Waals surface area contributed by atoms with Crippen LogP contribution in [0.4, 0.5) is 0 Å². The largest absolute Gasteiger partial charge is 0.480 e. The minimum atomic E-state index is -0.863. The van der Waals surface area contributed by atoms with E-state index in [4.69, 9.17) is 5.11 Å². The molecule has 1 heterocycles. The van der Waals surface area contributed by atoms with E-state index in [2.05, 4.69) is 10.4 Å². The Hall–Kier alpha value is -1.36. The molecule has 0 aliphatic rings. The maximum atomic E-state index is 11.0. The zero-order valence-corrected chi connectivity index (χ0v) is 9.48. The van der Waals surface area contributed by atoms with Crippen LogP contribution in [0.15, 0.2) is 6.07 Å². The Morgan fingerprint density at radius 1 is 1.60 bits per heavy atom. The number of carboxylic acids is 1. The van der Waals surface area contributed by atoms with E-state index in [1.807, 2.05) is 26.8 Å². The van der Waals surface area contributed by atoms with Crippen LogP contribution in [0.2, 0.25) is 0 Å². The van der Waals surface area contributed by atoms with Crippen LogP contribution in [-0.2, 0) is 4.79 Å². The first-order chi connectivity index (χ1) is 6.97. The average molecular weight is 211 g/mol. The van der Waals surface area contributed by atoms with Crippen LogP contribution < -0.4 is 5.32 Å². The third-order valence-corrected chi connectivity index (χ3v) is 2.49. The molecule has 0 bridgehead atoms. The summed E-state index contributed by atoms with van der Waals surface area (Å²) in [5.41, 5.74) is 1.88. The summed E-state index contributed by atoms with van der Waals surface area (Å²) in [5.74, 6) is -0.863. The van der Waals surface area contributed by atoms with Crippen molar-refractivity contribution in [3.05, 3.63) is 17.5 Å². The minimum absolute atomic E-state index is 0.207. The van der Waals surface area contributed by atoms with Crippen LogP contribution in [0.1, 0.15) is 24.4 Å². The molecule has 0 aromatic carbocycles. The molecule has 1 aromatic heterocycles. The van der Waals surface area contributed by atoms with Crippen LogP contribution in [0, 0.1) is 13.8 Å². The Morgan fingerprint density at radius 3 is 2.53 bits per heavy atom.